The van der Waals surface area contributed by atoms with Crippen LogP contribution in [0.15, 0.2) is 41.8 Å². The number of carbonyl (C=O) groups is 2. The van der Waals surface area contributed by atoms with Crippen LogP contribution in [0.4, 0.5) is 9.52 Å². The number of carbonyl (C=O) groups excluding carboxylic acids is 1. The number of nitrogens with one attached hydrogen (secondary N) is 1. The van der Waals surface area contributed by atoms with Crippen LogP contribution in [0.1, 0.15) is 12.8 Å². The third-order valence-electron chi connectivity index (χ3n) is 3.96. The lowest BCUT2D eigenvalue weighted by atomic mass is 9.82. The second-order valence-electron chi connectivity index (χ2n) is 5.53. The highest BCUT2D eigenvalue weighted by Gasteiger charge is 2.34. The molecule has 0 saturated heterocycles. The third kappa shape index (κ3) is 3.51. The average Bonchev–Trinajstić information content (AvgIpc) is 3.04. The lowest BCUT2D eigenvalue weighted by molar-refractivity contribution is -0.146. The Morgan fingerprint density at radius 3 is 2.50 bits per heavy atom. The zero-order valence-corrected chi connectivity index (χ0v) is 13.4. The number of hydrogen-bond acceptors (Lipinski definition) is 4. The van der Waals surface area contributed by atoms with Gasteiger partial charge in [-0.25, -0.2) is 9.37 Å². The zero-order chi connectivity index (χ0) is 17.1. The van der Waals surface area contributed by atoms with Crippen LogP contribution >= 0.6 is 11.3 Å². The first kappa shape index (κ1) is 16.3. The normalized spacial score (nSPS) is 19.9. The number of nitrogens with zero attached hydrogens (tertiary/aromatic N) is 1. The van der Waals surface area contributed by atoms with Gasteiger partial charge in [0.1, 0.15) is 5.82 Å². The summed E-state index contributed by atoms with van der Waals surface area (Å²) < 4.78 is 13.0. The average molecular weight is 346 g/mol. The summed E-state index contributed by atoms with van der Waals surface area (Å²) in [4.78, 5) is 28.0. The van der Waals surface area contributed by atoms with Gasteiger partial charge in [0.15, 0.2) is 5.13 Å². The van der Waals surface area contributed by atoms with E-state index in [4.69, 9.17) is 0 Å². The Morgan fingerprint density at radius 1 is 1.17 bits per heavy atom. The lowest BCUT2D eigenvalue weighted by Crippen LogP contribution is -2.34. The van der Waals surface area contributed by atoms with Crippen molar-refractivity contribution in [2.45, 2.75) is 12.8 Å². The standard InChI is InChI=1S/C17H15FN2O3S/c18-11-7-5-10(6-8-11)14-9-24-17(19-14)20-15(21)12-3-1-2-4-13(12)16(22)23/h1-2,5-9,12-13H,3-4H2,(H,22,23)(H,19,20,21). The fourth-order valence-electron chi connectivity index (χ4n) is 2.66. The number of amides is 1. The van der Waals surface area contributed by atoms with E-state index in [9.17, 15) is 19.1 Å². The fraction of sp³-hybridized carbons (Fsp3) is 0.235. The first-order valence-electron chi connectivity index (χ1n) is 7.44. The monoisotopic (exact) mass is 346 g/mol. The molecule has 1 heterocycles. The Hall–Kier alpha value is -2.54. The summed E-state index contributed by atoms with van der Waals surface area (Å²) >= 11 is 1.25. The van der Waals surface area contributed by atoms with Crippen LogP contribution in [0.3, 0.4) is 0 Å². The van der Waals surface area contributed by atoms with E-state index in [1.807, 2.05) is 6.08 Å². The van der Waals surface area contributed by atoms with Crippen LogP contribution < -0.4 is 5.32 Å². The highest BCUT2D eigenvalue weighted by molar-refractivity contribution is 7.14. The van der Waals surface area contributed by atoms with E-state index in [0.29, 0.717) is 23.7 Å². The summed E-state index contributed by atoms with van der Waals surface area (Å²) in [6.07, 6.45) is 4.37. The summed E-state index contributed by atoms with van der Waals surface area (Å²) in [7, 11) is 0. The van der Waals surface area contributed by atoms with Crippen LogP contribution in [0.5, 0.6) is 0 Å². The molecule has 7 heteroatoms. The number of carboxylic acid groups (broad SMARTS) is 1. The van der Waals surface area contributed by atoms with Crippen LogP contribution in [0.25, 0.3) is 11.3 Å². The molecule has 1 aliphatic carbocycles. The molecule has 24 heavy (non-hydrogen) atoms. The summed E-state index contributed by atoms with van der Waals surface area (Å²) in [5, 5.41) is 14.1. The van der Waals surface area contributed by atoms with Crippen molar-refractivity contribution in [3.63, 3.8) is 0 Å². The maximum Gasteiger partial charge on any atom is 0.307 e. The van der Waals surface area contributed by atoms with E-state index >= 15 is 0 Å². The molecular weight excluding hydrogens is 331 g/mol. The van der Waals surface area contributed by atoms with Gasteiger partial charge in [0, 0.05) is 10.9 Å². The van der Waals surface area contributed by atoms with E-state index in [-0.39, 0.29) is 11.7 Å². The summed E-state index contributed by atoms with van der Waals surface area (Å²) in [6.45, 7) is 0. The maximum atomic E-state index is 13.0. The lowest BCUT2D eigenvalue weighted by Gasteiger charge is -2.23. The minimum atomic E-state index is -0.967. The van der Waals surface area contributed by atoms with Crippen LogP contribution in [0, 0.1) is 17.7 Å². The van der Waals surface area contributed by atoms with Crippen molar-refractivity contribution in [1.82, 2.24) is 4.98 Å². The van der Waals surface area contributed by atoms with Crippen molar-refractivity contribution in [3.8, 4) is 11.3 Å². The molecule has 1 aromatic heterocycles. The minimum Gasteiger partial charge on any atom is -0.481 e. The predicted molar refractivity (Wildman–Crippen MR) is 89.1 cm³/mol. The van der Waals surface area contributed by atoms with Gasteiger partial charge in [0.2, 0.25) is 5.91 Å². The van der Waals surface area contributed by atoms with E-state index in [1.54, 1.807) is 23.6 Å². The van der Waals surface area contributed by atoms with E-state index in [1.165, 1.54) is 23.5 Å². The van der Waals surface area contributed by atoms with Gasteiger partial charge < -0.3 is 10.4 Å². The van der Waals surface area contributed by atoms with E-state index in [0.717, 1.165) is 5.56 Å². The molecule has 1 aliphatic rings. The van der Waals surface area contributed by atoms with Crippen molar-refractivity contribution in [2.75, 3.05) is 5.32 Å². The molecule has 0 bridgehead atoms. The smallest absolute Gasteiger partial charge is 0.307 e. The van der Waals surface area contributed by atoms with Crippen molar-refractivity contribution >= 4 is 28.3 Å². The second-order valence-corrected chi connectivity index (χ2v) is 6.39. The molecule has 2 aromatic rings. The largest absolute Gasteiger partial charge is 0.481 e. The number of rotatable bonds is 4. The van der Waals surface area contributed by atoms with E-state index < -0.39 is 17.8 Å². The number of aliphatic carboxylic acids is 1. The Kier molecular flexibility index (Phi) is 4.71. The number of thiazole rings is 1. The van der Waals surface area contributed by atoms with Crippen LogP contribution in [-0.4, -0.2) is 22.0 Å². The van der Waals surface area contributed by atoms with Gasteiger partial charge in [0.05, 0.1) is 17.5 Å². The van der Waals surface area contributed by atoms with Crippen LogP contribution in [-0.2, 0) is 9.59 Å². The van der Waals surface area contributed by atoms with Crippen molar-refractivity contribution in [2.24, 2.45) is 11.8 Å². The van der Waals surface area contributed by atoms with Crippen molar-refractivity contribution in [3.05, 3.63) is 47.6 Å². The SMILES string of the molecule is O=C(O)C1CC=CCC1C(=O)Nc1nc(-c2ccc(F)cc2)cs1. The number of carboxylic acids is 1. The topological polar surface area (TPSA) is 79.3 Å². The number of hydrogen-bond donors (Lipinski definition) is 2. The Balaban J connectivity index is 1.72. The third-order valence-corrected chi connectivity index (χ3v) is 4.72. The predicted octanol–water partition coefficient (Wildman–Crippen LogP) is 3.55. The van der Waals surface area contributed by atoms with Gasteiger partial charge in [0.25, 0.3) is 0 Å². The molecule has 2 N–H and O–H groups in total. The highest BCUT2D eigenvalue weighted by atomic mass is 32.1. The first-order valence-corrected chi connectivity index (χ1v) is 8.32. The molecule has 0 saturated carbocycles. The quantitative estimate of drug-likeness (QED) is 0.830. The summed E-state index contributed by atoms with van der Waals surface area (Å²) in [5.41, 5.74) is 1.38. The van der Waals surface area contributed by atoms with Crippen molar-refractivity contribution in [1.29, 1.82) is 0 Å². The van der Waals surface area contributed by atoms with Gasteiger partial charge >= 0.3 is 5.97 Å². The Labute approximate surface area is 141 Å². The van der Waals surface area contributed by atoms with Crippen molar-refractivity contribution < 1.29 is 19.1 Å². The number of allylic oxidation sites excluding steroid dienone is 2. The fourth-order valence-corrected chi connectivity index (χ4v) is 3.38. The second kappa shape index (κ2) is 6.92. The molecule has 124 valence electrons. The summed E-state index contributed by atoms with van der Waals surface area (Å²) in [5.74, 6) is -2.96. The molecule has 0 fully saturated rings. The number of anilines is 1. The van der Waals surface area contributed by atoms with Gasteiger partial charge in [-0.05, 0) is 37.1 Å². The molecule has 2 unspecified atom stereocenters. The number of benzene rings is 1. The van der Waals surface area contributed by atoms with Gasteiger partial charge in [-0.2, -0.15) is 0 Å². The molecule has 5 nitrogen and oxygen atoms in total. The molecule has 1 amide bonds. The first-order chi connectivity index (χ1) is 11.5. The molecular formula is C17H15FN2O3S. The number of aromatic nitrogens is 1. The highest BCUT2D eigenvalue weighted by Crippen LogP contribution is 2.29. The Morgan fingerprint density at radius 2 is 1.83 bits per heavy atom. The van der Waals surface area contributed by atoms with Gasteiger partial charge in [-0.15, -0.1) is 11.3 Å². The van der Waals surface area contributed by atoms with Gasteiger partial charge in [-0.3, -0.25) is 9.59 Å². The molecule has 2 atom stereocenters. The maximum absolute atomic E-state index is 13.0. The zero-order valence-electron chi connectivity index (χ0n) is 12.6. The van der Waals surface area contributed by atoms with Gasteiger partial charge in [-0.1, -0.05) is 12.2 Å². The number of halogens is 1. The molecule has 1 aromatic carbocycles. The Bertz CT molecular complexity index is 785. The van der Waals surface area contributed by atoms with E-state index in [2.05, 4.69) is 10.3 Å². The molecule has 0 spiro atoms. The van der Waals surface area contributed by atoms with Crippen LogP contribution in [0.2, 0.25) is 0 Å². The minimum absolute atomic E-state index is 0.326. The molecule has 0 aliphatic heterocycles. The molecule has 0 radical (unpaired) electrons. The summed E-state index contributed by atoms with van der Waals surface area (Å²) in [6, 6.07) is 5.92. The molecule has 3 rings (SSSR count).